The maximum Gasteiger partial charge on any atom is 0.431 e. The van der Waals surface area contributed by atoms with Crippen molar-refractivity contribution in [1.29, 1.82) is 0 Å². The van der Waals surface area contributed by atoms with E-state index in [1.807, 2.05) is 50.2 Å². The van der Waals surface area contributed by atoms with Crippen LogP contribution < -0.4 is 16.1 Å². The first kappa shape index (κ1) is 33.3. The van der Waals surface area contributed by atoms with Crippen LogP contribution >= 0.6 is 0 Å². The van der Waals surface area contributed by atoms with Crippen LogP contribution in [0.25, 0.3) is 11.1 Å². The van der Waals surface area contributed by atoms with Crippen LogP contribution in [0.1, 0.15) is 77.8 Å². The largest absolute Gasteiger partial charge is 0.447 e. The van der Waals surface area contributed by atoms with Crippen LogP contribution in [0.15, 0.2) is 48.5 Å². The van der Waals surface area contributed by atoms with Gasteiger partial charge < -0.3 is 20.1 Å². The highest BCUT2D eigenvalue weighted by Gasteiger charge is 2.29. The summed E-state index contributed by atoms with van der Waals surface area (Å²) in [5, 5.41) is 5.26. The molecule has 2 aromatic rings. The Morgan fingerprint density at radius 1 is 0.878 bits per heavy atom. The van der Waals surface area contributed by atoms with Gasteiger partial charge in [-0.05, 0) is 69.2 Å². The standard InChI is InChI=1S/C29H37N3O7.C2H6/c1-19(33)25(31-27(35)39-29(2,3)4)15-9-10-16-30-26(34)18-38-32-28(36)37-17-24-22-13-7-5-11-20(22)21-12-6-8-14-23(21)24;1-2/h5-8,11-14,24-25H,9-10,15-18H2,1-4H3,(H,30,34)(H,31,35)(H,32,36);1-2H3. The average molecular weight is 570 g/mol. The molecule has 1 aliphatic rings. The van der Waals surface area contributed by atoms with Gasteiger partial charge in [0.1, 0.15) is 12.2 Å². The smallest absolute Gasteiger partial charge is 0.431 e. The van der Waals surface area contributed by atoms with Crippen LogP contribution in [0, 0.1) is 0 Å². The fourth-order valence-electron chi connectivity index (χ4n) is 4.37. The zero-order valence-electron chi connectivity index (χ0n) is 24.9. The summed E-state index contributed by atoms with van der Waals surface area (Å²) in [7, 11) is 0. The number of hydrogen-bond acceptors (Lipinski definition) is 7. The van der Waals surface area contributed by atoms with E-state index in [0.29, 0.717) is 25.8 Å². The number of benzene rings is 2. The minimum absolute atomic E-state index is 0.0756. The number of fused-ring (bicyclic) bond motifs is 3. The molecule has 2 aromatic carbocycles. The third-order valence-electron chi connectivity index (χ3n) is 6.13. The first-order valence-corrected chi connectivity index (χ1v) is 14.0. The quantitative estimate of drug-likeness (QED) is 0.235. The zero-order valence-corrected chi connectivity index (χ0v) is 24.9. The molecule has 3 N–H and O–H groups in total. The molecule has 1 aliphatic carbocycles. The monoisotopic (exact) mass is 569 g/mol. The summed E-state index contributed by atoms with van der Waals surface area (Å²) in [6.07, 6.45) is 0.184. The van der Waals surface area contributed by atoms with E-state index >= 15 is 0 Å². The fourth-order valence-corrected chi connectivity index (χ4v) is 4.37. The van der Waals surface area contributed by atoms with Crippen molar-refractivity contribution in [2.45, 2.75) is 78.4 Å². The van der Waals surface area contributed by atoms with E-state index in [-0.39, 0.29) is 24.9 Å². The van der Waals surface area contributed by atoms with Gasteiger partial charge in [0.2, 0.25) is 5.91 Å². The van der Waals surface area contributed by atoms with Gasteiger partial charge in [-0.25, -0.2) is 9.59 Å². The van der Waals surface area contributed by atoms with E-state index in [4.69, 9.17) is 14.3 Å². The number of nitrogens with one attached hydrogen (secondary N) is 3. The summed E-state index contributed by atoms with van der Waals surface area (Å²) >= 11 is 0. The van der Waals surface area contributed by atoms with Crippen LogP contribution in [-0.4, -0.2) is 55.3 Å². The zero-order chi connectivity index (χ0) is 30.4. The second-order valence-electron chi connectivity index (χ2n) is 10.4. The van der Waals surface area contributed by atoms with Gasteiger partial charge in [0.05, 0.1) is 6.04 Å². The number of ketones is 1. The van der Waals surface area contributed by atoms with Crippen LogP contribution in [-0.2, 0) is 23.9 Å². The lowest BCUT2D eigenvalue weighted by Crippen LogP contribution is -2.42. The Balaban J connectivity index is 0.00000287. The Kier molecular flexibility index (Phi) is 13.3. The van der Waals surface area contributed by atoms with Crippen LogP contribution in [0.3, 0.4) is 0 Å². The maximum absolute atomic E-state index is 12.1. The number of Topliss-reactive ketones (excluding diaryl/α,β-unsaturated/α-hetero) is 1. The van der Waals surface area contributed by atoms with Crippen molar-refractivity contribution >= 4 is 23.9 Å². The van der Waals surface area contributed by atoms with E-state index < -0.39 is 29.7 Å². The second-order valence-corrected chi connectivity index (χ2v) is 10.4. The van der Waals surface area contributed by atoms with Gasteiger partial charge in [-0.1, -0.05) is 62.4 Å². The fraction of sp³-hybridized carbons (Fsp3) is 0.484. The number of amides is 3. The molecule has 10 nitrogen and oxygen atoms in total. The van der Waals surface area contributed by atoms with Crippen molar-refractivity contribution in [2.75, 3.05) is 19.8 Å². The van der Waals surface area contributed by atoms with Crippen LogP contribution in [0.2, 0.25) is 0 Å². The summed E-state index contributed by atoms with van der Waals surface area (Å²) < 4.78 is 10.5. The lowest BCUT2D eigenvalue weighted by atomic mass is 9.98. The third kappa shape index (κ3) is 10.9. The number of hydrogen-bond donors (Lipinski definition) is 3. The van der Waals surface area contributed by atoms with E-state index in [1.165, 1.54) is 6.92 Å². The molecular weight excluding hydrogens is 526 g/mol. The lowest BCUT2D eigenvalue weighted by molar-refractivity contribution is -0.127. The van der Waals surface area contributed by atoms with Gasteiger partial charge in [0.25, 0.3) is 0 Å². The van der Waals surface area contributed by atoms with Gasteiger partial charge in [-0.3, -0.25) is 14.4 Å². The summed E-state index contributed by atoms with van der Waals surface area (Å²) in [6, 6.07) is 15.4. The number of unbranched alkanes of at least 4 members (excludes halogenated alkanes) is 1. The highest BCUT2D eigenvalue weighted by Crippen LogP contribution is 2.44. The molecule has 0 saturated heterocycles. The first-order chi connectivity index (χ1) is 19.5. The molecule has 1 atom stereocenters. The van der Waals surface area contributed by atoms with Crippen LogP contribution in [0.4, 0.5) is 9.59 Å². The average Bonchev–Trinajstić information content (AvgIpc) is 3.24. The van der Waals surface area contributed by atoms with Crippen molar-refractivity contribution in [2.24, 2.45) is 0 Å². The van der Waals surface area contributed by atoms with Crippen molar-refractivity contribution in [3.05, 3.63) is 59.7 Å². The van der Waals surface area contributed by atoms with E-state index in [1.54, 1.807) is 20.8 Å². The molecule has 0 aliphatic heterocycles. The maximum atomic E-state index is 12.1. The minimum atomic E-state index is -0.780. The van der Waals surface area contributed by atoms with Gasteiger partial charge in [0, 0.05) is 12.5 Å². The van der Waals surface area contributed by atoms with Gasteiger partial charge >= 0.3 is 12.2 Å². The second kappa shape index (κ2) is 16.4. The first-order valence-electron chi connectivity index (χ1n) is 14.0. The van der Waals surface area contributed by atoms with Crippen molar-refractivity contribution in [3.8, 4) is 11.1 Å². The predicted octanol–water partition coefficient (Wildman–Crippen LogP) is 5.25. The Hall–Kier alpha value is -3.92. The number of ether oxygens (including phenoxy) is 2. The van der Waals surface area contributed by atoms with Gasteiger partial charge in [0.15, 0.2) is 12.4 Å². The Morgan fingerprint density at radius 3 is 2.02 bits per heavy atom. The SMILES string of the molecule is CC.CC(=O)C(CCCCNC(=O)CONC(=O)OCC1c2ccccc2-c2ccccc21)NC(=O)OC(C)(C)C. The molecule has 0 spiro atoms. The lowest BCUT2D eigenvalue weighted by Gasteiger charge is -2.22. The van der Waals surface area contributed by atoms with E-state index in [2.05, 4.69) is 28.2 Å². The summed E-state index contributed by atoms with van der Waals surface area (Å²) in [5.74, 6) is -0.657. The number of rotatable bonds is 12. The van der Waals surface area contributed by atoms with Crippen molar-refractivity contribution in [3.63, 3.8) is 0 Å². The molecule has 0 heterocycles. The number of carbonyl (C=O) groups is 4. The van der Waals surface area contributed by atoms with Crippen LogP contribution in [0.5, 0.6) is 0 Å². The molecule has 0 fully saturated rings. The molecule has 3 amide bonds. The molecule has 0 saturated carbocycles. The van der Waals surface area contributed by atoms with E-state index in [0.717, 1.165) is 22.3 Å². The molecule has 0 aromatic heterocycles. The highest BCUT2D eigenvalue weighted by atomic mass is 16.7. The summed E-state index contributed by atoms with van der Waals surface area (Å²) in [5.41, 5.74) is 5.94. The van der Waals surface area contributed by atoms with Crippen molar-refractivity contribution < 1.29 is 33.5 Å². The Morgan fingerprint density at radius 2 is 1.46 bits per heavy atom. The van der Waals surface area contributed by atoms with Gasteiger partial charge in [-0.15, -0.1) is 0 Å². The molecule has 1 unspecified atom stereocenters. The molecule has 0 bridgehead atoms. The molecule has 224 valence electrons. The van der Waals surface area contributed by atoms with Crippen molar-refractivity contribution in [1.82, 2.24) is 16.1 Å². The Labute approximate surface area is 242 Å². The minimum Gasteiger partial charge on any atom is -0.447 e. The number of alkyl carbamates (subject to hydrolysis) is 1. The molecular formula is C31H43N3O7. The van der Waals surface area contributed by atoms with Gasteiger partial charge in [-0.2, -0.15) is 5.48 Å². The topological polar surface area (TPSA) is 132 Å². The predicted molar refractivity (Wildman–Crippen MR) is 156 cm³/mol. The molecule has 3 rings (SSSR count). The summed E-state index contributed by atoms with van der Waals surface area (Å²) in [4.78, 5) is 52.8. The molecule has 10 heteroatoms. The summed E-state index contributed by atoms with van der Waals surface area (Å²) in [6.45, 7) is 10.8. The number of hydroxylamine groups is 1. The Bertz CT molecular complexity index is 1130. The molecule has 0 radical (unpaired) electrons. The third-order valence-corrected chi connectivity index (χ3v) is 6.13. The van der Waals surface area contributed by atoms with E-state index in [9.17, 15) is 19.2 Å². The highest BCUT2D eigenvalue weighted by molar-refractivity contribution is 5.85. The normalized spacial score (nSPS) is 12.5. The molecule has 41 heavy (non-hydrogen) atoms. The number of carbonyl (C=O) groups excluding carboxylic acids is 4.